The standard InChI is InChI=1S/C18H20N5O6P/c24-18-16-17(20-10-21-18)23(11-22-16)15-2-1-13(28-15)9-27-30(25)26-8-5-14(29-30)12-3-6-19-7-4-12/h3-4,6-7,10-11,13-15H,1-2,5,8-9H2,(H,20,21,24)/t13-,14?,15+,30?/m0/s1. The Morgan fingerprint density at radius 3 is 2.97 bits per heavy atom. The molecule has 5 heterocycles. The summed E-state index contributed by atoms with van der Waals surface area (Å²) in [4.78, 5) is 26.6. The van der Waals surface area contributed by atoms with Crippen molar-refractivity contribution in [1.29, 1.82) is 0 Å². The molecule has 158 valence electrons. The van der Waals surface area contributed by atoms with Crippen molar-refractivity contribution in [3.8, 4) is 0 Å². The van der Waals surface area contributed by atoms with E-state index in [9.17, 15) is 9.36 Å². The first-order chi connectivity index (χ1) is 14.6. The third-order valence-corrected chi connectivity index (χ3v) is 6.62. The molecule has 0 bridgehead atoms. The van der Waals surface area contributed by atoms with E-state index in [0.717, 1.165) is 5.56 Å². The lowest BCUT2D eigenvalue weighted by Crippen LogP contribution is -2.20. The van der Waals surface area contributed by atoms with Crippen LogP contribution in [0.25, 0.3) is 11.2 Å². The average molecular weight is 433 g/mol. The normalized spacial score (nSPS) is 29.4. The molecule has 2 unspecified atom stereocenters. The van der Waals surface area contributed by atoms with Gasteiger partial charge in [-0.05, 0) is 30.5 Å². The molecular weight excluding hydrogens is 413 g/mol. The lowest BCUT2D eigenvalue weighted by Gasteiger charge is -2.29. The largest absolute Gasteiger partial charge is 0.475 e. The van der Waals surface area contributed by atoms with Crippen LogP contribution < -0.4 is 5.56 Å². The minimum absolute atomic E-state index is 0.0669. The number of phosphoric ester groups is 1. The summed E-state index contributed by atoms with van der Waals surface area (Å²) in [7, 11) is -3.69. The van der Waals surface area contributed by atoms with E-state index in [1.165, 1.54) is 12.7 Å². The molecule has 4 atom stereocenters. The van der Waals surface area contributed by atoms with Crippen LogP contribution in [-0.4, -0.2) is 43.8 Å². The van der Waals surface area contributed by atoms with Crippen LogP contribution in [-0.2, 0) is 22.9 Å². The van der Waals surface area contributed by atoms with Crippen molar-refractivity contribution >= 4 is 19.0 Å². The maximum absolute atomic E-state index is 12.9. The zero-order chi connectivity index (χ0) is 20.6. The molecule has 0 amide bonds. The van der Waals surface area contributed by atoms with Crippen LogP contribution in [0.15, 0.2) is 42.0 Å². The summed E-state index contributed by atoms with van der Waals surface area (Å²) in [6, 6.07) is 3.64. The number of fused-ring (bicyclic) bond motifs is 1. The molecule has 2 aliphatic heterocycles. The minimum Gasteiger partial charge on any atom is -0.352 e. The fourth-order valence-electron chi connectivity index (χ4n) is 3.65. The number of aromatic nitrogens is 5. The van der Waals surface area contributed by atoms with Crippen molar-refractivity contribution in [2.24, 2.45) is 0 Å². The van der Waals surface area contributed by atoms with E-state index in [0.29, 0.717) is 24.9 Å². The summed E-state index contributed by atoms with van der Waals surface area (Å²) < 4.78 is 37.2. The molecule has 5 rings (SSSR count). The van der Waals surface area contributed by atoms with Gasteiger partial charge in [-0.3, -0.25) is 27.9 Å². The third-order valence-electron chi connectivity index (χ3n) is 5.14. The molecule has 0 aromatic carbocycles. The highest BCUT2D eigenvalue weighted by Gasteiger charge is 2.38. The Morgan fingerprint density at radius 2 is 2.10 bits per heavy atom. The molecule has 12 heteroatoms. The SMILES string of the molecule is O=c1[nH]cnc2c1ncn2[C@H]1CC[C@@H](COP2(=O)OCCC(c3ccncc3)O2)O1. The number of nitrogens with one attached hydrogen (secondary N) is 1. The van der Waals surface area contributed by atoms with E-state index in [1.807, 2.05) is 12.1 Å². The zero-order valence-electron chi connectivity index (χ0n) is 15.9. The quantitative estimate of drug-likeness (QED) is 0.603. The van der Waals surface area contributed by atoms with E-state index in [1.54, 1.807) is 17.0 Å². The van der Waals surface area contributed by atoms with Crippen LogP contribution in [0.1, 0.15) is 37.2 Å². The number of imidazole rings is 1. The molecule has 0 radical (unpaired) electrons. The highest BCUT2D eigenvalue weighted by atomic mass is 31.2. The fourth-order valence-corrected chi connectivity index (χ4v) is 5.06. The molecule has 11 nitrogen and oxygen atoms in total. The highest BCUT2D eigenvalue weighted by molar-refractivity contribution is 7.48. The van der Waals surface area contributed by atoms with Gasteiger partial charge in [-0.2, -0.15) is 0 Å². The lowest BCUT2D eigenvalue weighted by molar-refractivity contribution is -0.0343. The van der Waals surface area contributed by atoms with E-state index in [2.05, 4.69) is 19.9 Å². The average Bonchev–Trinajstić information content (AvgIpc) is 3.41. The van der Waals surface area contributed by atoms with Crippen molar-refractivity contribution in [1.82, 2.24) is 24.5 Å². The Balaban J connectivity index is 1.21. The van der Waals surface area contributed by atoms with Crippen molar-refractivity contribution < 1.29 is 22.9 Å². The van der Waals surface area contributed by atoms with Gasteiger partial charge in [0, 0.05) is 18.8 Å². The Hall–Kier alpha value is -2.43. The number of pyridine rings is 1. The fraction of sp³-hybridized carbons (Fsp3) is 0.444. The molecular formula is C18H20N5O6P. The van der Waals surface area contributed by atoms with Gasteiger partial charge in [0.05, 0.1) is 38.1 Å². The number of phosphoric acid groups is 1. The van der Waals surface area contributed by atoms with Gasteiger partial charge in [-0.15, -0.1) is 0 Å². The van der Waals surface area contributed by atoms with Crippen molar-refractivity contribution in [2.45, 2.75) is 37.7 Å². The number of nitrogens with zero attached hydrogens (tertiary/aromatic N) is 4. The van der Waals surface area contributed by atoms with Gasteiger partial charge < -0.3 is 9.72 Å². The number of hydrogen-bond donors (Lipinski definition) is 1. The van der Waals surface area contributed by atoms with Crippen LogP contribution in [0.2, 0.25) is 0 Å². The molecule has 3 aromatic heterocycles. The Morgan fingerprint density at radius 1 is 1.23 bits per heavy atom. The topological polar surface area (TPSA) is 130 Å². The number of aromatic amines is 1. The maximum Gasteiger partial charge on any atom is 0.475 e. The van der Waals surface area contributed by atoms with Gasteiger partial charge in [0.1, 0.15) is 6.23 Å². The van der Waals surface area contributed by atoms with Gasteiger partial charge >= 0.3 is 7.82 Å². The number of rotatable bonds is 5. The second-order valence-electron chi connectivity index (χ2n) is 7.09. The zero-order valence-corrected chi connectivity index (χ0v) is 16.8. The second kappa shape index (κ2) is 8.01. The Bertz CT molecular complexity index is 1130. The van der Waals surface area contributed by atoms with Crippen LogP contribution in [0, 0.1) is 0 Å². The predicted molar refractivity (Wildman–Crippen MR) is 103 cm³/mol. The van der Waals surface area contributed by atoms with Crippen LogP contribution in [0.5, 0.6) is 0 Å². The smallest absolute Gasteiger partial charge is 0.352 e. The van der Waals surface area contributed by atoms with Crippen molar-refractivity contribution in [2.75, 3.05) is 13.2 Å². The molecule has 1 N–H and O–H groups in total. The molecule has 0 spiro atoms. The minimum atomic E-state index is -3.69. The summed E-state index contributed by atoms with van der Waals surface area (Å²) in [6.07, 6.45) is 7.14. The van der Waals surface area contributed by atoms with Crippen LogP contribution in [0.4, 0.5) is 0 Å². The molecule has 30 heavy (non-hydrogen) atoms. The van der Waals surface area contributed by atoms with Gasteiger partial charge in [-0.1, -0.05) is 0 Å². The van der Waals surface area contributed by atoms with E-state index >= 15 is 0 Å². The summed E-state index contributed by atoms with van der Waals surface area (Å²) in [5.74, 6) is 0. The van der Waals surface area contributed by atoms with Gasteiger partial charge in [0.2, 0.25) is 0 Å². The molecule has 2 aliphatic rings. The second-order valence-corrected chi connectivity index (χ2v) is 8.71. The molecule has 2 fully saturated rings. The van der Waals surface area contributed by atoms with Gasteiger partial charge in [0.15, 0.2) is 11.2 Å². The summed E-state index contributed by atoms with van der Waals surface area (Å²) in [5, 5.41) is 0. The van der Waals surface area contributed by atoms with Gasteiger partial charge in [-0.25, -0.2) is 14.5 Å². The highest BCUT2D eigenvalue weighted by Crippen LogP contribution is 2.57. The lowest BCUT2D eigenvalue weighted by atomic mass is 10.1. The Labute approximate surface area is 171 Å². The summed E-state index contributed by atoms with van der Waals surface area (Å²) in [5.41, 5.74) is 1.29. The first-order valence-electron chi connectivity index (χ1n) is 9.64. The monoisotopic (exact) mass is 433 g/mol. The molecule has 3 aromatic rings. The first-order valence-corrected chi connectivity index (χ1v) is 11.1. The molecule has 2 saturated heterocycles. The van der Waals surface area contributed by atoms with Crippen LogP contribution in [0.3, 0.4) is 0 Å². The van der Waals surface area contributed by atoms with Crippen molar-refractivity contribution in [3.05, 3.63) is 53.1 Å². The number of hydrogen-bond acceptors (Lipinski definition) is 9. The van der Waals surface area contributed by atoms with E-state index in [4.69, 9.17) is 18.3 Å². The van der Waals surface area contributed by atoms with Crippen LogP contribution >= 0.6 is 7.82 Å². The first kappa shape index (κ1) is 19.5. The third kappa shape index (κ3) is 3.82. The summed E-state index contributed by atoms with van der Waals surface area (Å²) >= 11 is 0. The Kier molecular flexibility index (Phi) is 5.21. The maximum atomic E-state index is 12.9. The molecule has 0 saturated carbocycles. The predicted octanol–water partition coefficient (Wildman–Crippen LogP) is 2.50. The van der Waals surface area contributed by atoms with Gasteiger partial charge in [0.25, 0.3) is 5.56 Å². The van der Waals surface area contributed by atoms with Crippen molar-refractivity contribution in [3.63, 3.8) is 0 Å². The molecule has 0 aliphatic carbocycles. The van der Waals surface area contributed by atoms with E-state index < -0.39 is 7.82 Å². The van der Waals surface area contributed by atoms with E-state index in [-0.39, 0.29) is 42.7 Å². The summed E-state index contributed by atoms with van der Waals surface area (Å²) in [6.45, 7) is 0.344. The number of ether oxygens (including phenoxy) is 1. The number of H-pyrrole nitrogens is 1.